The van der Waals surface area contributed by atoms with E-state index in [0.29, 0.717) is 12.3 Å². The highest BCUT2D eigenvalue weighted by Gasteiger charge is 2.23. The molecule has 18 heavy (non-hydrogen) atoms. The number of carbonyl (C=O) groups is 1. The van der Waals surface area contributed by atoms with Gasteiger partial charge in [0.05, 0.1) is 0 Å². The maximum Gasteiger partial charge on any atom is 0.343 e. The van der Waals surface area contributed by atoms with Gasteiger partial charge in [-0.1, -0.05) is 18.7 Å². The molecule has 1 aromatic rings. The van der Waals surface area contributed by atoms with Gasteiger partial charge in [-0.2, -0.15) is 0 Å². The van der Waals surface area contributed by atoms with Crippen LogP contribution in [0.15, 0.2) is 9.95 Å². The monoisotopic (exact) mass is 269 g/mol. The smallest absolute Gasteiger partial charge is 0.299 e. The van der Waals surface area contributed by atoms with E-state index in [0.717, 1.165) is 43.0 Å². The Morgan fingerprint density at radius 2 is 2.33 bits per heavy atom. The van der Waals surface area contributed by atoms with E-state index >= 15 is 0 Å². The van der Waals surface area contributed by atoms with Crippen molar-refractivity contribution >= 4 is 17.5 Å². The summed E-state index contributed by atoms with van der Waals surface area (Å²) in [5.41, 5.74) is -0.142. The van der Waals surface area contributed by atoms with Crippen LogP contribution in [-0.4, -0.2) is 26.3 Å². The zero-order valence-electron chi connectivity index (χ0n) is 10.6. The van der Waals surface area contributed by atoms with Gasteiger partial charge in [-0.15, -0.1) is 5.10 Å². The van der Waals surface area contributed by atoms with Crippen molar-refractivity contribution in [1.82, 2.24) is 14.8 Å². The van der Waals surface area contributed by atoms with Gasteiger partial charge < -0.3 is 0 Å². The van der Waals surface area contributed by atoms with Gasteiger partial charge in [0.15, 0.2) is 5.16 Å². The average molecular weight is 269 g/mol. The average Bonchev–Trinajstić information content (AvgIpc) is 2.90. The third kappa shape index (κ3) is 3.04. The van der Waals surface area contributed by atoms with Gasteiger partial charge >= 0.3 is 5.69 Å². The number of nitrogens with zero attached hydrogens (tertiary/aromatic N) is 2. The van der Waals surface area contributed by atoms with Crippen molar-refractivity contribution in [3.63, 3.8) is 0 Å². The highest BCUT2D eigenvalue weighted by Crippen LogP contribution is 2.27. The Balaban J connectivity index is 1.86. The number of Topliss-reactive ketones (excluding diaryl/α,β-unsaturated/α-hetero) is 1. The number of carbonyl (C=O) groups excluding carboxylic acids is 1. The fraction of sp³-hybridized carbons (Fsp3) is 0.750. The summed E-state index contributed by atoms with van der Waals surface area (Å²) in [5.74, 6) is 1.50. The van der Waals surface area contributed by atoms with E-state index in [1.165, 1.54) is 0 Å². The summed E-state index contributed by atoms with van der Waals surface area (Å²) >= 11 is 1.57. The molecule has 0 radical (unpaired) electrons. The summed E-state index contributed by atoms with van der Waals surface area (Å²) < 4.78 is 1.67. The number of rotatable bonds is 6. The molecular weight excluding hydrogens is 250 g/mol. The minimum atomic E-state index is -0.142. The Bertz CT molecular complexity index is 466. The topological polar surface area (TPSA) is 67.8 Å². The zero-order valence-corrected chi connectivity index (χ0v) is 11.5. The molecule has 1 fully saturated rings. The quantitative estimate of drug-likeness (QED) is 0.800. The van der Waals surface area contributed by atoms with Crippen LogP contribution in [0.25, 0.3) is 0 Å². The molecule has 0 aromatic carbocycles. The Morgan fingerprint density at radius 1 is 1.50 bits per heavy atom. The lowest BCUT2D eigenvalue weighted by Gasteiger charge is -2.07. The largest absolute Gasteiger partial charge is 0.343 e. The summed E-state index contributed by atoms with van der Waals surface area (Å²) in [6.07, 6.45) is 4.63. The van der Waals surface area contributed by atoms with Crippen LogP contribution >= 0.6 is 11.8 Å². The molecule has 1 atom stereocenters. The Kier molecular flexibility index (Phi) is 4.63. The molecule has 1 heterocycles. The van der Waals surface area contributed by atoms with Crippen LogP contribution in [0.1, 0.15) is 39.0 Å². The maximum absolute atomic E-state index is 11.5. The van der Waals surface area contributed by atoms with Crippen molar-refractivity contribution in [3.8, 4) is 0 Å². The van der Waals surface area contributed by atoms with E-state index in [1.54, 1.807) is 16.3 Å². The molecule has 0 saturated heterocycles. The van der Waals surface area contributed by atoms with Crippen LogP contribution in [0, 0.1) is 5.92 Å². The molecule has 1 aliphatic rings. The van der Waals surface area contributed by atoms with Gasteiger partial charge in [-0.05, 0) is 25.7 Å². The van der Waals surface area contributed by atoms with E-state index < -0.39 is 0 Å². The molecule has 0 bridgehead atoms. The lowest BCUT2D eigenvalue weighted by molar-refractivity contribution is -0.120. The summed E-state index contributed by atoms with van der Waals surface area (Å²) in [4.78, 5) is 23.0. The first-order valence-electron chi connectivity index (χ1n) is 6.53. The molecule has 0 spiro atoms. The van der Waals surface area contributed by atoms with Gasteiger partial charge in [-0.25, -0.2) is 9.89 Å². The van der Waals surface area contributed by atoms with Crippen LogP contribution in [0.2, 0.25) is 0 Å². The summed E-state index contributed by atoms with van der Waals surface area (Å²) in [5, 5.41) is 7.24. The maximum atomic E-state index is 11.5. The third-order valence-electron chi connectivity index (χ3n) is 3.30. The number of ketones is 1. The Hall–Kier alpha value is -1.04. The van der Waals surface area contributed by atoms with E-state index in [4.69, 9.17) is 0 Å². The summed E-state index contributed by atoms with van der Waals surface area (Å²) in [6, 6.07) is 0. The van der Waals surface area contributed by atoms with Crippen molar-refractivity contribution in [2.75, 3.05) is 5.75 Å². The predicted octanol–water partition coefficient (Wildman–Crippen LogP) is 1.83. The highest BCUT2D eigenvalue weighted by molar-refractivity contribution is 7.99. The molecule has 1 N–H and O–H groups in total. The number of aromatic amines is 1. The molecule has 100 valence electrons. The predicted molar refractivity (Wildman–Crippen MR) is 70.8 cm³/mol. The number of thioether (sulfide) groups is 1. The first-order chi connectivity index (χ1) is 8.72. The van der Waals surface area contributed by atoms with Crippen molar-refractivity contribution in [2.45, 2.75) is 50.7 Å². The molecule has 1 unspecified atom stereocenters. The molecule has 0 amide bonds. The zero-order chi connectivity index (χ0) is 13.0. The van der Waals surface area contributed by atoms with Crippen LogP contribution < -0.4 is 5.69 Å². The highest BCUT2D eigenvalue weighted by atomic mass is 32.2. The van der Waals surface area contributed by atoms with E-state index in [2.05, 4.69) is 10.2 Å². The van der Waals surface area contributed by atoms with E-state index in [9.17, 15) is 9.59 Å². The van der Waals surface area contributed by atoms with Gasteiger partial charge in [0, 0.05) is 24.6 Å². The first-order valence-corrected chi connectivity index (χ1v) is 7.51. The van der Waals surface area contributed by atoms with E-state index in [1.807, 2.05) is 6.92 Å². The molecule has 6 heteroatoms. The van der Waals surface area contributed by atoms with Gasteiger partial charge in [0.2, 0.25) is 0 Å². The van der Waals surface area contributed by atoms with Crippen LogP contribution in [0.4, 0.5) is 0 Å². The van der Waals surface area contributed by atoms with Crippen LogP contribution in [0.5, 0.6) is 0 Å². The number of nitrogens with one attached hydrogen (secondary N) is 1. The molecule has 5 nitrogen and oxygen atoms in total. The molecule has 0 aliphatic heterocycles. The SMILES string of the molecule is CCCn1c(SCCC2CCCC2=O)n[nH]c1=O. The summed E-state index contributed by atoms with van der Waals surface area (Å²) in [7, 11) is 0. The van der Waals surface area contributed by atoms with Gasteiger partial charge in [0.1, 0.15) is 5.78 Å². The van der Waals surface area contributed by atoms with Gasteiger partial charge in [0.25, 0.3) is 0 Å². The number of aromatic nitrogens is 3. The van der Waals surface area contributed by atoms with Crippen molar-refractivity contribution in [2.24, 2.45) is 5.92 Å². The first kappa shape index (κ1) is 13.4. The second-order valence-corrected chi connectivity index (χ2v) is 5.72. The summed E-state index contributed by atoms with van der Waals surface area (Å²) in [6.45, 7) is 2.73. The minimum absolute atomic E-state index is 0.142. The normalized spacial score (nSPS) is 19.6. The number of H-pyrrole nitrogens is 1. The van der Waals surface area contributed by atoms with E-state index in [-0.39, 0.29) is 11.6 Å². The lowest BCUT2D eigenvalue weighted by Crippen LogP contribution is -2.17. The van der Waals surface area contributed by atoms with Crippen molar-refractivity contribution < 1.29 is 4.79 Å². The van der Waals surface area contributed by atoms with Crippen molar-refractivity contribution in [3.05, 3.63) is 10.5 Å². The van der Waals surface area contributed by atoms with Crippen LogP contribution in [0.3, 0.4) is 0 Å². The molecule has 1 saturated carbocycles. The lowest BCUT2D eigenvalue weighted by atomic mass is 10.1. The van der Waals surface area contributed by atoms with Gasteiger partial charge in [-0.3, -0.25) is 9.36 Å². The molecule has 1 aromatic heterocycles. The number of hydrogen-bond donors (Lipinski definition) is 1. The molecular formula is C12H19N3O2S. The molecule has 2 rings (SSSR count). The standard InChI is InChI=1S/C12H19N3O2S/c1-2-7-15-11(17)13-14-12(15)18-8-6-9-4-3-5-10(9)16/h9H,2-8H2,1H3,(H,13,17). The number of hydrogen-bond acceptors (Lipinski definition) is 4. The second kappa shape index (κ2) is 6.22. The molecule has 1 aliphatic carbocycles. The Labute approximate surface area is 110 Å². The second-order valence-electron chi connectivity index (χ2n) is 4.66. The van der Waals surface area contributed by atoms with Crippen molar-refractivity contribution in [1.29, 1.82) is 0 Å². The fourth-order valence-electron chi connectivity index (χ4n) is 2.32. The fourth-order valence-corrected chi connectivity index (χ4v) is 3.34. The van der Waals surface area contributed by atoms with Crippen LogP contribution in [-0.2, 0) is 11.3 Å². The third-order valence-corrected chi connectivity index (χ3v) is 4.31. The Morgan fingerprint density at radius 3 is 3.00 bits per heavy atom. The minimum Gasteiger partial charge on any atom is -0.299 e.